The van der Waals surface area contributed by atoms with E-state index in [9.17, 15) is 8.96 Å². The Morgan fingerprint density at radius 2 is 1.27 bits per heavy atom. The highest BCUT2D eigenvalue weighted by molar-refractivity contribution is 7.53. The number of nitrogens with zero attached hydrogens (tertiary/aromatic N) is 9. The molecule has 0 spiro atoms. The van der Waals surface area contributed by atoms with E-state index in [1.54, 1.807) is 30.9 Å². The predicted molar refractivity (Wildman–Crippen MR) is 297 cm³/mol. The summed E-state index contributed by atoms with van der Waals surface area (Å²) in [6, 6.07) is 18.7. The molecule has 16 nitrogen and oxygen atoms in total. The zero-order chi connectivity index (χ0) is 54.0. The molecule has 3 aliphatic rings. The smallest absolute Gasteiger partial charge is 0.330 e. The number of ether oxygens (including phenoxy) is 4. The average Bonchev–Trinajstić information content (AvgIpc) is 4.02. The maximum atomic E-state index is 13.4. The Bertz CT molecular complexity index is 3380. The second-order valence-electron chi connectivity index (χ2n) is 19.7. The van der Waals surface area contributed by atoms with Crippen molar-refractivity contribution in [3.05, 3.63) is 135 Å². The van der Waals surface area contributed by atoms with Crippen LogP contribution < -0.4 is 14.4 Å². The first-order valence-electron chi connectivity index (χ1n) is 25.4. The molecule has 0 bridgehead atoms. The van der Waals surface area contributed by atoms with Crippen molar-refractivity contribution in [2.75, 3.05) is 51.6 Å². The third-order valence-electron chi connectivity index (χ3n) is 14.1. The van der Waals surface area contributed by atoms with Crippen LogP contribution in [-0.2, 0) is 23.1 Å². The molecule has 0 saturated carbocycles. The maximum absolute atomic E-state index is 13.4. The topological polar surface area (TPSA) is 163 Å². The van der Waals surface area contributed by atoms with E-state index >= 15 is 0 Å². The molecule has 0 radical (unpaired) electrons. The summed E-state index contributed by atoms with van der Waals surface area (Å²) in [5.41, 5.74) is 5.95. The van der Waals surface area contributed by atoms with Crippen LogP contribution in [0.25, 0.3) is 44.3 Å². The van der Waals surface area contributed by atoms with Crippen LogP contribution in [0, 0.1) is 11.4 Å². The summed E-state index contributed by atoms with van der Waals surface area (Å²) in [4.78, 5) is 18.8. The van der Waals surface area contributed by atoms with Crippen molar-refractivity contribution in [2.45, 2.75) is 84.0 Å². The number of rotatable bonds is 15. The molecule has 0 N–H and O–H groups in total. The van der Waals surface area contributed by atoms with Crippen molar-refractivity contribution in [3.63, 3.8) is 0 Å². The summed E-state index contributed by atoms with van der Waals surface area (Å²) in [6.45, 7) is 8.67. The van der Waals surface area contributed by atoms with Crippen LogP contribution in [0.3, 0.4) is 0 Å². The monoisotopic (exact) mass is 1150 g/mol. The minimum absolute atomic E-state index is 0.150. The van der Waals surface area contributed by atoms with Crippen LogP contribution in [0.2, 0.25) is 20.1 Å². The standard InChI is InChI=1S/C31H36Cl2N5O5P.C24H21Cl2FN4O2/c1-20(28-22(32)15-34-16-23(28)33)43-25-9-7-8-24-29(25)30(36-38(24)27-10-5-6-13-42-27)21-11-12-26(35-14-21)37-17-31(2,18-37)19-44(39,40-3)41-4;1-14(23-18(25)12-28-13-19(23)26)33-16-6-7-20-17(10-16)24(15-5-8-21(27)29-11-15)30-31(20)22-4-2-3-9-32-22/h7-9,11-12,14-16,20,27H,5-6,10,13,17-19H2,1-4H3;5-8,10-14,22H,2-4,9H2,1H3/t20-,27?;14-,22?/m11/s1. The van der Waals surface area contributed by atoms with Gasteiger partial charge in [0.05, 0.1) is 42.7 Å². The van der Waals surface area contributed by atoms with Gasteiger partial charge in [-0.15, -0.1) is 0 Å². The van der Waals surface area contributed by atoms with Gasteiger partial charge in [-0.1, -0.05) is 59.4 Å². The Morgan fingerprint density at radius 3 is 1.83 bits per heavy atom. The van der Waals surface area contributed by atoms with Crippen molar-refractivity contribution in [1.29, 1.82) is 0 Å². The third kappa shape index (κ3) is 11.8. The fourth-order valence-corrected chi connectivity index (χ4v) is 13.2. The lowest BCUT2D eigenvalue weighted by Crippen LogP contribution is -2.57. The van der Waals surface area contributed by atoms with E-state index in [2.05, 4.69) is 26.8 Å². The van der Waals surface area contributed by atoms with E-state index in [0.717, 1.165) is 77.4 Å². The van der Waals surface area contributed by atoms with E-state index in [1.807, 2.05) is 77.9 Å². The van der Waals surface area contributed by atoms with E-state index in [4.69, 9.17) is 89.6 Å². The second kappa shape index (κ2) is 23.5. The van der Waals surface area contributed by atoms with E-state index < -0.39 is 25.8 Å². The largest absolute Gasteiger partial charge is 0.486 e. The van der Waals surface area contributed by atoms with Crippen LogP contribution in [0.5, 0.6) is 11.5 Å². The minimum atomic E-state index is -3.11. The van der Waals surface area contributed by atoms with E-state index in [1.165, 1.54) is 26.5 Å². The van der Waals surface area contributed by atoms with Gasteiger partial charge < -0.3 is 32.9 Å². The predicted octanol–water partition coefficient (Wildman–Crippen LogP) is 14.7. The molecule has 3 aliphatic heterocycles. The number of halogens is 5. The van der Waals surface area contributed by atoms with E-state index in [-0.39, 0.29) is 17.9 Å². The van der Waals surface area contributed by atoms with Gasteiger partial charge in [0.15, 0.2) is 12.5 Å². The highest BCUT2D eigenvalue weighted by Gasteiger charge is 2.45. The van der Waals surface area contributed by atoms with Gasteiger partial charge >= 0.3 is 7.60 Å². The summed E-state index contributed by atoms with van der Waals surface area (Å²) in [6.07, 6.45) is 14.7. The maximum Gasteiger partial charge on any atom is 0.330 e. The third-order valence-corrected chi connectivity index (χ3v) is 17.5. The number of benzene rings is 2. The van der Waals surface area contributed by atoms with Gasteiger partial charge in [-0.05, 0) is 107 Å². The first kappa shape index (κ1) is 54.9. The molecule has 3 fully saturated rings. The van der Waals surface area contributed by atoms with Crippen LogP contribution in [0.1, 0.15) is 95.1 Å². The Morgan fingerprint density at radius 1 is 0.701 bits per heavy atom. The fraction of sp³-hybridized carbons (Fsp3) is 0.382. The average molecular weight is 1150 g/mol. The molecule has 404 valence electrons. The number of pyridine rings is 4. The molecule has 0 amide bonds. The number of hydrogen-bond donors (Lipinski definition) is 0. The second-order valence-corrected chi connectivity index (χ2v) is 23.6. The molecule has 0 aliphatic carbocycles. The molecular formula is C55H57Cl4FN9O7P. The first-order valence-corrected chi connectivity index (χ1v) is 28.6. The van der Waals surface area contributed by atoms with Gasteiger partial charge in [0.1, 0.15) is 40.9 Å². The number of hydrogen-bond acceptors (Lipinski definition) is 14. The van der Waals surface area contributed by atoms with Gasteiger partial charge in [0.25, 0.3) is 0 Å². The van der Waals surface area contributed by atoms with Gasteiger partial charge in [-0.25, -0.2) is 19.3 Å². The molecule has 4 atom stereocenters. The first-order chi connectivity index (χ1) is 37.1. The summed E-state index contributed by atoms with van der Waals surface area (Å²) in [5, 5.41) is 13.4. The SMILES string of the molecule is COP(=O)(CC1(C)CN(c2ccc(-c3nn(C4CCCCO4)c4cccc(O[C@H](C)c5c(Cl)cncc5Cl)c34)cn2)C1)OC.C[C@@H](Oc1ccc2c(c1)c(-c1ccc(F)nc1)nn2C1CCCCO1)c1c(Cl)cncc1Cl. The number of fused-ring (bicyclic) bond motifs is 2. The summed E-state index contributed by atoms with van der Waals surface area (Å²) in [7, 11) is -0.251. The van der Waals surface area contributed by atoms with Gasteiger partial charge in [-0.3, -0.25) is 14.5 Å². The Labute approximate surface area is 465 Å². The normalized spacial score (nSPS) is 18.3. The molecule has 8 aromatic rings. The summed E-state index contributed by atoms with van der Waals surface area (Å²) in [5.74, 6) is 1.57. The molecular weight excluding hydrogens is 1090 g/mol. The summed E-state index contributed by atoms with van der Waals surface area (Å²) >= 11 is 25.5. The van der Waals surface area contributed by atoms with Crippen LogP contribution >= 0.6 is 54.0 Å². The quantitative estimate of drug-likeness (QED) is 0.0704. The van der Waals surface area contributed by atoms with Crippen molar-refractivity contribution in [1.82, 2.24) is 39.5 Å². The zero-order valence-corrected chi connectivity index (χ0v) is 47.0. The Balaban J connectivity index is 0.000000182. The van der Waals surface area contributed by atoms with Gasteiger partial charge in [0.2, 0.25) is 5.95 Å². The molecule has 6 aromatic heterocycles. The highest BCUT2D eigenvalue weighted by Crippen LogP contribution is 2.54. The molecule has 22 heteroatoms. The summed E-state index contributed by atoms with van der Waals surface area (Å²) < 4.78 is 65.2. The van der Waals surface area contributed by atoms with E-state index in [0.29, 0.717) is 86.4 Å². The van der Waals surface area contributed by atoms with Gasteiger partial charge in [-0.2, -0.15) is 14.6 Å². The molecule has 11 rings (SSSR count). The van der Waals surface area contributed by atoms with Crippen LogP contribution in [-0.4, -0.2) is 86.2 Å². The lowest BCUT2D eigenvalue weighted by Gasteiger charge is -2.49. The molecule has 77 heavy (non-hydrogen) atoms. The molecule has 2 aromatic carbocycles. The van der Waals surface area contributed by atoms with Crippen LogP contribution in [0.4, 0.5) is 10.2 Å². The van der Waals surface area contributed by atoms with Crippen molar-refractivity contribution in [3.8, 4) is 34.0 Å². The highest BCUT2D eigenvalue weighted by atomic mass is 35.5. The van der Waals surface area contributed by atoms with Crippen molar-refractivity contribution >= 4 is 81.6 Å². The molecule has 2 unspecified atom stereocenters. The minimum Gasteiger partial charge on any atom is -0.486 e. The lowest BCUT2D eigenvalue weighted by molar-refractivity contribution is -0.0366. The number of anilines is 1. The molecule has 9 heterocycles. The van der Waals surface area contributed by atoms with Crippen molar-refractivity contribution in [2.24, 2.45) is 5.41 Å². The zero-order valence-electron chi connectivity index (χ0n) is 43.0. The fourth-order valence-electron chi connectivity index (χ4n) is 10.3. The number of aromatic nitrogens is 8. The van der Waals surface area contributed by atoms with Crippen LogP contribution in [0.15, 0.2) is 97.8 Å². The van der Waals surface area contributed by atoms with Gasteiger partial charge in [0, 0.05) is 111 Å². The lowest BCUT2D eigenvalue weighted by atomic mass is 9.84. The Kier molecular flexibility index (Phi) is 16.7. The Hall–Kier alpha value is -5.46. The van der Waals surface area contributed by atoms with Crippen molar-refractivity contribution < 1.29 is 37.0 Å². The molecule has 3 saturated heterocycles.